The minimum absolute atomic E-state index is 0.115. The first-order chi connectivity index (χ1) is 10.1. The largest absolute Gasteiger partial charge is 0.444 e. The molecule has 1 atom stereocenters. The zero-order chi connectivity index (χ0) is 14.8. The second-order valence-corrected chi connectivity index (χ2v) is 5.81. The molecule has 8 heteroatoms. The summed E-state index contributed by atoms with van der Waals surface area (Å²) in [7, 11) is 0. The van der Waals surface area contributed by atoms with E-state index in [2.05, 4.69) is 15.5 Å². The topological polar surface area (TPSA) is 87.3 Å². The zero-order valence-corrected chi connectivity index (χ0v) is 12.2. The number of nitrogens with one attached hydrogen (secondary N) is 2. The average Bonchev–Trinajstić information content (AvgIpc) is 2.85. The van der Waals surface area contributed by atoms with Crippen molar-refractivity contribution in [3.63, 3.8) is 0 Å². The van der Waals surface area contributed by atoms with E-state index in [-0.39, 0.29) is 23.3 Å². The number of hydrogen-bond donors (Lipinski definition) is 2. The van der Waals surface area contributed by atoms with E-state index in [1.807, 2.05) is 4.90 Å². The molecule has 2 aliphatic rings. The quantitative estimate of drug-likeness (QED) is 0.878. The molecule has 1 saturated heterocycles. The number of nitrogens with zero attached hydrogens (tertiary/aromatic N) is 2. The number of alkyl carbamates (subject to hydrolysis) is 1. The molecule has 0 spiro atoms. The fourth-order valence-corrected chi connectivity index (χ4v) is 2.75. The van der Waals surface area contributed by atoms with Crippen LogP contribution in [-0.2, 0) is 4.74 Å². The maximum atomic E-state index is 11.7. The van der Waals surface area contributed by atoms with Crippen molar-refractivity contribution in [1.82, 2.24) is 15.5 Å². The van der Waals surface area contributed by atoms with Gasteiger partial charge >= 0.3 is 6.09 Å². The van der Waals surface area contributed by atoms with Gasteiger partial charge in [0.05, 0.1) is 18.4 Å². The number of rotatable bonds is 3. The van der Waals surface area contributed by atoms with Gasteiger partial charge in [-0.2, -0.15) is 5.10 Å². The molecule has 0 radical (unpaired) electrons. The summed E-state index contributed by atoms with van der Waals surface area (Å²) in [6.07, 6.45) is 4.89. The Labute approximate surface area is 126 Å². The Bertz CT molecular complexity index is 587. The van der Waals surface area contributed by atoms with Crippen LogP contribution >= 0.6 is 11.6 Å². The van der Waals surface area contributed by atoms with Crippen LogP contribution in [0.4, 0.5) is 10.5 Å². The van der Waals surface area contributed by atoms with Gasteiger partial charge in [0.2, 0.25) is 0 Å². The summed E-state index contributed by atoms with van der Waals surface area (Å²) >= 11 is 5.98. The number of H-pyrrole nitrogens is 1. The van der Waals surface area contributed by atoms with Crippen LogP contribution in [0.2, 0.25) is 5.02 Å². The van der Waals surface area contributed by atoms with E-state index >= 15 is 0 Å². The number of carbonyl (C=O) groups excluding carboxylic acids is 1. The van der Waals surface area contributed by atoms with Crippen molar-refractivity contribution in [2.45, 2.75) is 37.8 Å². The predicted molar refractivity (Wildman–Crippen MR) is 77.7 cm³/mol. The van der Waals surface area contributed by atoms with E-state index in [1.165, 1.54) is 6.20 Å². The number of hydrogen-bond acceptors (Lipinski definition) is 5. The van der Waals surface area contributed by atoms with E-state index in [9.17, 15) is 9.59 Å². The second kappa shape index (κ2) is 5.93. The molecule has 2 N–H and O–H groups in total. The molecular formula is C13H17ClN4O3. The number of halogens is 1. The molecule has 7 nitrogen and oxygen atoms in total. The molecule has 1 amide bonds. The maximum Gasteiger partial charge on any atom is 0.407 e. The van der Waals surface area contributed by atoms with Gasteiger partial charge in [0.25, 0.3) is 5.56 Å². The first kappa shape index (κ1) is 14.2. The Morgan fingerprint density at radius 1 is 1.48 bits per heavy atom. The van der Waals surface area contributed by atoms with E-state index in [1.54, 1.807) is 0 Å². The predicted octanol–water partition coefficient (Wildman–Crippen LogP) is 1.28. The Hall–Kier alpha value is -1.76. The summed E-state index contributed by atoms with van der Waals surface area (Å²) in [6, 6.07) is 0.265. The summed E-state index contributed by atoms with van der Waals surface area (Å²) < 4.78 is 5.40. The fraction of sp³-hybridized carbons (Fsp3) is 0.615. The van der Waals surface area contributed by atoms with Gasteiger partial charge in [-0.3, -0.25) is 4.79 Å². The van der Waals surface area contributed by atoms with Crippen molar-refractivity contribution in [3.05, 3.63) is 21.6 Å². The van der Waals surface area contributed by atoms with Crippen molar-refractivity contribution in [2.24, 2.45) is 0 Å². The first-order valence-electron chi connectivity index (χ1n) is 7.09. The van der Waals surface area contributed by atoms with Gasteiger partial charge < -0.3 is 15.0 Å². The van der Waals surface area contributed by atoms with Crippen LogP contribution in [0.15, 0.2) is 11.0 Å². The highest BCUT2D eigenvalue weighted by Gasteiger charge is 2.29. The van der Waals surface area contributed by atoms with Gasteiger partial charge in [-0.15, -0.1) is 0 Å². The SMILES string of the molecule is O=C(NC1CCC1)O[C@@H]1CCN(c2cn[nH]c(=O)c2Cl)C1. The number of aromatic nitrogens is 2. The maximum absolute atomic E-state index is 11.7. The Morgan fingerprint density at radius 3 is 3.00 bits per heavy atom. The number of aromatic amines is 1. The molecule has 0 unspecified atom stereocenters. The van der Waals surface area contributed by atoms with Gasteiger partial charge in [-0.1, -0.05) is 11.6 Å². The first-order valence-corrected chi connectivity index (χ1v) is 7.46. The number of ether oxygens (including phenoxy) is 1. The molecule has 0 bridgehead atoms. The smallest absolute Gasteiger partial charge is 0.407 e. The molecule has 114 valence electrons. The lowest BCUT2D eigenvalue weighted by Crippen LogP contribution is -2.41. The molecule has 1 aromatic rings. The molecule has 1 aliphatic carbocycles. The highest BCUT2D eigenvalue weighted by atomic mass is 35.5. The van der Waals surface area contributed by atoms with Crippen LogP contribution in [0, 0.1) is 0 Å². The molecule has 1 aromatic heterocycles. The second-order valence-electron chi connectivity index (χ2n) is 5.43. The Kier molecular flexibility index (Phi) is 4.01. The lowest BCUT2D eigenvalue weighted by molar-refractivity contribution is 0.101. The summed E-state index contributed by atoms with van der Waals surface area (Å²) in [5.74, 6) is 0. The van der Waals surface area contributed by atoms with Crippen LogP contribution in [0.25, 0.3) is 0 Å². The van der Waals surface area contributed by atoms with E-state index in [0.29, 0.717) is 25.2 Å². The third kappa shape index (κ3) is 3.12. The molecule has 2 heterocycles. The van der Waals surface area contributed by atoms with E-state index in [0.717, 1.165) is 19.3 Å². The molecule has 2 fully saturated rings. The highest BCUT2D eigenvalue weighted by Crippen LogP contribution is 2.26. The van der Waals surface area contributed by atoms with Gasteiger partial charge in [0, 0.05) is 19.0 Å². The van der Waals surface area contributed by atoms with Crippen molar-refractivity contribution in [2.75, 3.05) is 18.0 Å². The highest BCUT2D eigenvalue weighted by molar-refractivity contribution is 6.33. The molecule has 1 aliphatic heterocycles. The van der Waals surface area contributed by atoms with Gasteiger partial charge in [-0.25, -0.2) is 9.89 Å². The van der Waals surface area contributed by atoms with Crippen LogP contribution in [0.5, 0.6) is 0 Å². The molecule has 1 saturated carbocycles. The molecule has 0 aromatic carbocycles. The van der Waals surface area contributed by atoms with Crippen LogP contribution in [-0.4, -0.2) is 41.5 Å². The van der Waals surface area contributed by atoms with Crippen molar-refractivity contribution >= 4 is 23.4 Å². The normalized spacial score (nSPS) is 22.0. The van der Waals surface area contributed by atoms with Crippen LogP contribution < -0.4 is 15.8 Å². The Morgan fingerprint density at radius 2 is 2.29 bits per heavy atom. The fourth-order valence-electron chi connectivity index (χ4n) is 2.54. The van der Waals surface area contributed by atoms with Gasteiger partial charge in [-0.05, 0) is 19.3 Å². The number of amides is 1. The van der Waals surface area contributed by atoms with Gasteiger partial charge in [0.1, 0.15) is 11.1 Å². The van der Waals surface area contributed by atoms with Gasteiger partial charge in [0.15, 0.2) is 0 Å². The van der Waals surface area contributed by atoms with Crippen molar-refractivity contribution < 1.29 is 9.53 Å². The van der Waals surface area contributed by atoms with Crippen molar-refractivity contribution in [1.29, 1.82) is 0 Å². The van der Waals surface area contributed by atoms with E-state index in [4.69, 9.17) is 16.3 Å². The third-order valence-electron chi connectivity index (χ3n) is 3.96. The standard InChI is InChI=1S/C13H17ClN4O3/c14-11-10(6-15-17-12(11)19)18-5-4-9(7-18)21-13(20)16-8-2-1-3-8/h6,8-9H,1-5,7H2,(H,16,20)(H,17,19)/t9-/m1/s1. The monoisotopic (exact) mass is 312 g/mol. The number of carbonyl (C=O) groups is 1. The third-order valence-corrected chi connectivity index (χ3v) is 4.33. The van der Waals surface area contributed by atoms with Crippen molar-refractivity contribution in [3.8, 4) is 0 Å². The molecule has 3 rings (SSSR count). The minimum Gasteiger partial charge on any atom is -0.444 e. The lowest BCUT2D eigenvalue weighted by Gasteiger charge is -2.26. The number of anilines is 1. The lowest BCUT2D eigenvalue weighted by atomic mass is 9.93. The Balaban J connectivity index is 1.56. The van der Waals surface area contributed by atoms with E-state index < -0.39 is 5.56 Å². The summed E-state index contributed by atoms with van der Waals surface area (Å²) in [6.45, 7) is 1.19. The minimum atomic E-state index is -0.415. The summed E-state index contributed by atoms with van der Waals surface area (Å²) in [5, 5.41) is 8.99. The molecular weight excluding hydrogens is 296 g/mol. The zero-order valence-electron chi connectivity index (χ0n) is 11.5. The molecule has 21 heavy (non-hydrogen) atoms. The van der Waals surface area contributed by atoms with Crippen LogP contribution in [0.1, 0.15) is 25.7 Å². The summed E-state index contributed by atoms with van der Waals surface area (Å²) in [5.41, 5.74) is 0.159. The average molecular weight is 313 g/mol. The van der Waals surface area contributed by atoms with Crippen LogP contribution in [0.3, 0.4) is 0 Å². The summed E-state index contributed by atoms with van der Waals surface area (Å²) in [4.78, 5) is 25.1.